The molecule has 2 aliphatic heterocycles. The van der Waals surface area contributed by atoms with Gasteiger partial charge in [0.1, 0.15) is 0 Å². The van der Waals surface area contributed by atoms with Gasteiger partial charge in [0.15, 0.2) is 0 Å². The molecule has 0 radical (unpaired) electrons. The number of piperazine rings is 1. The van der Waals surface area contributed by atoms with Crippen molar-refractivity contribution in [2.45, 2.75) is 24.9 Å². The summed E-state index contributed by atoms with van der Waals surface area (Å²) in [6, 6.07) is 0.868. The van der Waals surface area contributed by atoms with Gasteiger partial charge < -0.3 is 5.32 Å². The zero-order valence-corrected chi connectivity index (χ0v) is 6.26. The largest absolute Gasteiger partial charge is 0.311 e. The quantitative estimate of drug-likeness (QED) is 0.628. The van der Waals surface area contributed by atoms with Crippen molar-refractivity contribution in [1.82, 2.24) is 10.2 Å². The molecule has 0 aromatic rings. The normalized spacial score (nSPS) is 37.4. The van der Waals surface area contributed by atoms with Gasteiger partial charge in [0, 0.05) is 25.2 Å². The Morgan fingerprint density at radius 1 is 1.55 bits per heavy atom. The van der Waals surface area contributed by atoms with Gasteiger partial charge in [-0.25, -0.2) is 8.78 Å². The topological polar surface area (TPSA) is 15.3 Å². The van der Waals surface area contributed by atoms with E-state index in [0.29, 0.717) is 12.1 Å². The lowest BCUT2D eigenvalue weighted by atomic mass is 10.2. The average Bonchev–Trinajstić information content (AvgIpc) is 2.45. The molecular weight excluding hydrogens is 150 g/mol. The van der Waals surface area contributed by atoms with Crippen LogP contribution < -0.4 is 5.32 Å². The van der Waals surface area contributed by atoms with Gasteiger partial charge in [0.2, 0.25) is 0 Å². The first-order valence-electron chi connectivity index (χ1n) is 4.01. The minimum atomic E-state index is -2.17. The number of likely N-dealkylation sites (tertiary alicyclic amines) is 1. The predicted molar refractivity (Wildman–Crippen MR) is 37.8 cm³/mol. The second-order valence-electron chi connectivity index (χ2n) is 3.34. The van der Waals surface area contributed by atoms with E-state index in [4.69, 9.17) is 0 Å². The van der Waals surface area contributed by atoms with Crippen molar-refractivity contribution in [2.75, 3.05) is 19.6 Å². The molecule has 2 saturated heterocycles. The third kappa shape index (κ3) is 1.37. The summed E-state index contributed by atoms with van der Waals surface area (Å²) in [7, 11) is 0. The number of halogens is 2. The molecule has 1 N–H and O–H groups in total. The Hall–Kier alpha value is -0.220. The van der Waals surface area contributed by atoms with Crippen molar-refractivity contribution in [3.8, 4) is 0 Å². The van der Waals surface area contributed by atoms with Crippen LogP contribution in [-0.4, -0.2) is 43.0 Å². The number of fused-ring (bicyclic) bond motifs is 2. The van der Waals surface area contributed by atoms with Gasteiger partial charge in [-0.15, -0.1) is 0 Å². The number of nitrogens with one attached hydrogen (secondary N) is 1. The van der Waals surface area contributed by atoms with Gasteiger partial charge in [0.25, 0.3) is 6.43 Å². The number of hydrogen-bond acceptors (Lipinski definition) is 2. The van der Waals surface area contributed by atoms with E-state index >= 15 is 0 Å². The molecule has 0 aromatic carbocycles. The maximum Gasteiger partial charge on any atom is 0.251 e. The second kappa shape index (κ2) is 2.68. The van der Waals surface area contributed by atoms with Crippen LogP contribution in [0.2, 0.25) is 0 Å². The molecule has 2 aliphatic rings. The monoisotopic (exact) mass is 162 g/mol. The van der Waals surface area contributed by atoms with Gasteiger partial charge in [-0.1, -0.05) is 0 Å². The van der Waals surface area contributed by atoms with Crippen LogP contribution in [0.5, 0.6) is 0 Å². The highest BCUT2D eigenvalue weighted by Gasteiger charge is 2.38. The highest BCUT2D eigenvalue weighted by atomic mass is 19.3. The molecule has 2 nitrogen and oxygen atoms in total. The summed E-state index contributed by atoms with van der Waals surface area (Å²) in [5, 5.41) is 3.27. The van der Waals surface area contributed by atoms with Crippen molar-refractivity contribution in [3.05, 3.63) is 0 Å². The fourth-order valence-corrected chi connectivity index (χ4v) is 2.05. The predicted octanol–water partition coefficient (Wildman–Crippen LogP) is 0.298. The van der Waals surface area contributed by atoms with Gasteiger partial charge in [-0.3, -0.25) is 4.90 Å². The fourth-order valence-electron chi connectivity index (χ4n) is 2.05. The van der Waals surface area contributed by atoms with Gasteiger partial charge in [-0.2, -0.15) is 0 Å². The first-order chi connectivity index (χ1) is 5.25. The molecule has 4 heteroatoms. The van der Waals surface area contributed by atoms with E-state index in [2.05, 4.69) is 5.32 Å². The summed E-state index contributed by atoms with van der Waals surface area (Å²) >= 11 is 0. The molecule has 0 unspecified atom stereocenters. The Bertz CT molecular complexity index is 151. The molecule has 0 spiro atoms. The Balaban J connectivity index is 1.87. The minimum absolute atomic E-state index is 0.0388. The summed E-state index contributed by atoms with van der Waals surface area (Å²) < 4.78 is 23.9. The number of hydrogen-bond donors (Lipinski definition) is 1. The summed E-state index contributed by atoms with van der Waals surface area (Å²) in [6.07, 6.45) is -1.11. The lowest BCUT2D eigenvalue weighted by Crippen LogP contribution is -2.45. The van der Waals surface area contributed by atoms with Crippen LogP contribution in [0.15, 0.2) is 0 Å². The van der Waals surface area contributed by atoms with E-state index in [-0.39, 0.29) is 6.54 Å². The molecule has 0 aliphatic carbocycles. The van der Waals surface area contributed by atoms with E-state index < -0.39 is 6.43 Å². The summed E-state index contributed by atoms with van der Waals surface area (Å²) in [5.74, 6) is 0. The van der Waals surface area contributed by atoms with Crippen LogP contribution >= 0.6 is 0 Å². The SMILES string of the molecule is FC(F)CN1C[C@H]2C[C@@H]1CN2. The summed E-state index contributed by atoms with van der Waals surface area (Å²) in [4.78, 5) is 1.89. The minimum Gasteiger partial charge on any atom is -0.311 e. The zero-order chi connectivity index (χ0) is 7.84. The van der Waals surface area contributed by atoms with Crippen molar-refractivity contribution >= 4 is 0 Å². The number of nitrogens with zero attached hydrogens (tertiary/aromatic N) is 1. The smallest absolute Gasteiger partial charge is 0.251 e. The number of rotatable bonds is 2. The first kappa shape index (κ1) is 7.43. The van der Waals surface area contributed by atoms with Crippen molar-refractivity contribution < 1.29 is 8.78 Å². The maximum atomic E-state index is 11.9. The first-order valence-corrected chi connectivity index (χ1v) is 4.01. The van der Waals surface area contributed by atoms with Crippen LogP contribution in [0, 0.1) is 0 Å². The fraction of sp³-hybridized carbons (Fsp3) is 1.00. The van der Waals surface area contributed by atoms with E-state index in [1.165, 1.54) is 0 Å². The molecule has 2 fully saturated rings. The lowest BCUT2D eigenvalue weighted by molar-refractivity contribution is 0.0764. The molecule has 64 valence electrons. The van der Waals surface area contributed by atoms with E-state index in [9.17, 15) is 8.78 Å². The molecular formula is C7H12F2N2. The summed E-state index contributed by atoms with van der Waals surface area (Å²) in [5.41, 5.74) is 0. The second-order valence-corrected chi connectivity index (χ2v) is 3.34. The molecule has 0 amide bonds. The Labute approximate surface area is 64.6 Å². The molecule has 11 heavy (non-hydrogen) atoms. The average molecular weight is 162 g/mol. The van der Waals surface area contributed by atoms with Crippen molar-refractivity contribution in [2.24, 2.45) is 0 Å². The Kier molecular flexibility index (Phi) is 1.81. The Morgan fingerprint density at radius 2 is 2.36 bits per heavy atom. The van der Waals surface area contributed by atoms with Gasteiger partial charge in [0.05, 0.1) is 6.54 Å². The maximum absolute atomic E-state index is 11.9. The Morgan fingerprint density at radius 3 is 2.82 bits per heavy atom. The van der Waals surface area contributed by atoms with Crippen LogP contribution in [-0.2, 0) is 0 Å². The lowest BCUT2D eigenvalue weighted by Gasteiger charge is -2.26. The highest BCUT2D eigenvalue weighted by Crippen LogP contribution is 2.23. The van der Waals surface area contributed by atoms with Crippen LogP contribution in [0.4, 0.5) is 8.78 Å². The van der Waals surface area contributed by atoms with Gasteiger partial charge >= 0.3 is 0 Å². The van der Waals surface area contributed by atoms with Crippen LogP contribution in [0.3, 0.4) is 0 Å². The van der Waals surface area contributed by atoms with Crippen LogP contribution in [0.25, 0.3) is 0 Å². The number of alkyl halides is 2. The van der Waals surface area contributed by atoms with E-state index in [0.717, 1.165) is 19.5 Å². The molecule has 0 saturated carbocycles. The molecule has 0 aromatic heterocycles. The van der Waals surface area contributed by atoms with E-state index in [1.807, 2.05) is 4.90 Å². The zero-order valence-electron chi connectivity index (χ0n) is 6.26. The molecule has 2 bridgehead atoms. The van der Waals surface area contributed by atoms with Crippen molar-refractivity contribution in [3.63, 3.8) is 0 Å². The third-order valence-electron chi connectivity index (χ3n) is 2.54. The highest BCUT2D eigenvalue weighted by molar-refractivity contribution is 4.97. The van der Waals surface area contributed by atoms with Crippen molar-refractivity contribution in [1.29, 1.82) is 0 Å². The molecule has 2 rings (SSSR count). The van der Waals surface area contributed by atoms with Crippen LogP contribution in [0.1, 0.15) is 6.42 Å². The molecule has 2 atom stereocenters. The van der Waals surface area contributed by atoms with E-state index in [1.54, 1.807) is 0 Å². The van der Waals surface area contributed by atoms with Gasteiger partial charge in [-0.05, 0) is 6.42 Å². The third-order valence-corrected chi connectivity index (χ3v) is 2.54. The standard InChI is InChI=1S/C7H12F2N2/c8-7(9)4-11-3-5-1-6(11)2-10-5/h5-7,10H,1-4H2/t5-,6-/m1/s1. The summed E-state index contributed by atoms with van der Waals surface area (Å²) in [6.45, 7) is 1.68. The molecule has 2 heterocycles.